The summed E-state index contributed by atoms with van der Waals surface area (Å²) in [6, 6.07) is 8.04. The summed E-state index contributed by atoms with van der Waals surface area (Å²) in [6.45, 7) is 0.482. The minimum atomic E-state index is -1.09. The number of methoxy groups -OCH3 is 1. The fraction of sp³-hybridized carbons (Fsp3) is 0.526. The van der Waals surface area contributed by atoms with Crippen molar-refractivity contribution in [3.8, 4) is 0 Å². The van der Waals surface area contributed by atoms with Crippen LogP contribution in [-0.2, 0) is 14.3 Å². The quantitative estimate of drug-likeness (QED) is 0.659. The van der Waals surface area contributed by atoms with E-state index < -0.39 is 17.4 Å². The highest BCUT2D eigenvalue weighted by Gasteiger charge is 2.47. The molecule has 1 aliphatic heterocycles. The first-order valence-corrected chi connectivity index (χ1v) is 10.2. The summed E-state index contributed by atoms with van der Waals surface area (Å²) in [5.74, 6) is -0.807. The van der Waals surface area contributed by atoms with E-state index in [0.29, 0.717) is 30.7 Å². The highest BCUT2D eigenvalue weighted by molar-refractivity contribution is 7.98. The second-order valence-electron chi connectivity index (χ2n) is 6.70. The molecule has 1 aliphatic rings. The van der Waals surface area contributed by atoms with Gasteiger partial charge in [0.25, 0.3) is 5.91 Å². The van der Waals surface area contributed by atoms with Gasteiger partial charge in [0.1, 0.15) is 11.5 Å². The van der Waals surface area contributed by atoms with Crippen LogP contribution in [0.5, 0.6) is 0 Å². The highest BCUT2D eigenvalue weighted by Crippen LogP contribution is 2.31. The first-order chi connectivity index (χ1) is 12.9. The zero-order valence-corrected chi connectivity index (χ0v) is 16.5. The van der Waals surface area contributed by atoms with Crippen LogP contribution in [0, 0.1) is 5.41 Å². The molecule has 27 heavy (non-hydrogen) atoms. The highest BCUT2D eigenvalue weighted by atomic mass is 32.2. The molecule has 0 aliphatic carbocycles. The lowest BCUT2D eigenvalue weighted by Crippen LogP contribution is -2.49. The average molecular weight is 394 g/mol. The van der Waals surface area contributed by atoms with E-state index in [-0.39, 0.29) is 25.0 Å². The van der Waals surface area contributed by atoms with Gasteiger partial charge in [-0.3, -0.25) is 14.4 Å². The van der Waals surface area contributed by atoms with Gasteiger partial charge in [-0.05, 0) is 37.0 Å². The molecule has 0 radical (unpaired) electrons. The largest absolute Gasteiger partial charge is 0.481 e. The monoisotopic (exact) mass is 394 g/mol. The van der Waals surface area contributed by atoms with Crippen molar-refractivity contribution in [2.75, 3.05) is 38.8 Å². The number of likely N-dealkylation sites (tertiary alicyclic amines) is 1. The Morgan fingerprint density at radius 2 is 2.04 bits per heavy atom. The zero-order chi connectivity index (χ0) is 19.9. The standard InChI is InChI=1S/C19H26N2O5S/c1-26-13-19(18(24)25)9-10-21(12-19)17(23)15(8-11-27-2)20-16(22)14-6-4-3-5-7-14/h3-7,15H,8-13H2,1-2H3,(H,20,22)(H,24,25). The Hall–Kier alpha value is -2.06. The van der Waals surface area contributed by atoms with Gasteiger partial charge in [-0.2, -0.15) is 11.8 Å². The van der Waals surface area contributed by atoms with Crippen molar-refractivity contribution in [3.05, 3.63) is 35.9 Å². The second kappa shape index (κ2) is 9.75. The number of hydrogen-bond donors (Lipinski definition) is 2. The van der Waals surface area contributed by atoms with Gasteiger partial charge < -0.3 is 20.1 Å². The lowest BCUT2D eigenvalue weighted by Gasteiger charge is -2.27. The van der Waals surface area contributed by atoms with E-state index in [1.54, 1.807) is 36.0 Å². The molecule has 2 atom stereocenters. The van der Waals surface area contributed by atoms with Crippen LogP contribution in [0.3, 0.4) is 0 Å². The minimum Gasteiger partial charge on any atom is -0.481 e. The molecule has 8 heteroatoms. The summed E-state index contributed by atoms with van der Waals surface area (Å²) >= 11 is 1.59. The van der Waals surface area contributed by atoms with Crippen LogP contribution in [-0.4, -0.2) is 72.6 Å². The smallest absolute Gasteiger partial charge is 0.313 e. The van der Waals surface area contributed by atoms with E-state index in [1.807, 2.05) is 12.3 Å². The van der Waals surface area contributed by atoms with E-state index in [2.05, 4.69) is 5.32 Å². The van der Waals surface area contributed by atoms with Crippen molar-refractivity contribution < 1.29 is 24.2 Å². The molecule has 2 amide bonds. The Bertz CT molecular complexity index is 669. The van der Waals surface area contributed by atoms with E-state index in [4.69, 9.17) is 4.74 Å². The van der Waals surface area contributed by atoms with Gasteiger partial charge in [-0.15, -0.1) is 0 Å². The number of carbonyl (C=O) groups is 3. The normalized spacial score (nSPS) is 20.3. The first kappa shape index (κ1) is 21.2. The van der Waals surface area contributed by atoms with Crippen LogP contribution in [0.4, 0.5) is 0 Å². The molecule has 0 saturated carbocycles. The average Bonchev–Trinajstić information content (AvgIpc) is 3.11. The maximum atomic E-state index is 13.0. The zero-order valence-electron chi connectivity index (χ0n) is 15.6. The molecule has 148 valence electrons. The van der Waals surface area contributed by atoms with Gasteiger partial charge in [0, 0.05) is 25.8 Å². The Labute approximate surface area is 163 Å². The molecular weight excluding hydrogens is 368 g/mol. The fourth-order valence-corrected chi connectivity index (χ4v) is 3.71. The van der Waals surface area contributed by atoms with Crippen molar-refractivity contribution in [2.45, 2.75) is 18.9 Å². The predicted octanol–water partition coefficient (Wildman–Crippen LogP) is 1.49. The molecule has 2 N–H and O–H groups in total. The first-order valence-electron chi connectivity index (χ1n) is 8.79. The Morgan fingerprint density at radius 3 is 2.63 bits per heavy atom. The van der Waals surface area contributed by atoms with E-state index >= 15 is 0 Å². The Balaban J connectivity index is 2.10. The van der Waals surface area contributed by atoms with E-state index in [9.17, 15) is 19.5 Å². The molecule has 7 nitrogen and oxygen atoms in total. The van der Waals surface area contributed by atoms with E-state index in [0.717, 1.165) is 0 Å². The van der Waals surface area contributed by atoms with Crippen LogP contribution in [0.25, 0.3) is 0 Å². The molecule has 0 bridgehead atoms. The Morgan fingerprint density at radius 1 is 1.33 bits per heavy atom. The number of nitrogens with zero attached hydrogens (tertiary/aromatic N) is 1. The number of carboxylic acids is 1. The number of carbonyl (C=O) groups excluding carboxylic acids is 2. The molecule has 1 aromatic carbocycles. The molecule has 1 saturated heterocycles. The van der Waals surface area contributed by atoms with Crippen LogP contribution in [0.1, 0.15) is 23.2 Å². The maximum absolute atomic E-state index is 13.0. The number of carboxylic acid groups (broad SMARTS) is 1. The van der Waals surface area contributed by atoms with E-state index in [1.165, 1.54) is 12.0 Å². The topological polar surface area (TPSA) is 95.9 Å². The summed E-state index contributed by atoms with van der Waals surface area (Å²) in [7, 11) is 1.45. The number of nitrogens with one attached hydrogen (secondary N) is 1. The molecule has 0 spiro atoms. The molecule has 2 rings (SSSR count). The second-order valence-corrected chi connectivity index (χ2v) is 7.69. The van der Waals surface area contributed by atoms with Crippen LogP contribution in [0.2, 0.25) is 0 Å². The third kappa shape index (κ3) is 5.23. The maximum Gasteiger partial charge on any atom is 0.313 e. The summed E-state index contributed by atoms with van der Waals surface area (Å²) in [5.41, 5.74) is -0.599. The van der Waals surface area contributed by atoms with Crippen molar-refractivity contribution in [3.63, 3.8) is 0 Å². The summed E-state index contributed by atoms with van der Waals surface area (Å²) in [5, 5.41) is 12.4. The van der Waals surface area contributed by atoms with Gasteiger partial charge in [-0.25, -0.2) is 0 Å². The van der Waals surface area contributed by atoms with Crippen molar-refractivity contribution >= 4 is 29.5 Å². The van der Waals surface area contributed by atoms with Gasteiger partial charge in [0.2, 0.25) is 5.91 Å². The SMILES string of the molecule is COCC1(C(=O)O)CCN(C(=O)C(CCSC)NC(=O)c2ccccc2)C1. The van der Waals surface area contributed by atoms with Gasteiger partial charge >= 0.3 is 5.97 Å². The van der Waals surface area contributed by atoms with Crippen LogP contribution >= 0.6 is 11.8 Å². The number of benzene rings is 1. The molecule has 2 unspecified atom stereocenters. The number of aliphatic carboxylic acids is 1. The third-order valence-corrected chi connectivity index (χ3v) is 5.43. The summed E-state index contributed by atoms with van der Waals surface area (Å²) in [6.07, 6.45) is 2.76. The van der Waals surface area contributed by atoms with Crippen LogP contribution in [0.15, 0.2) is 30.3 Å². The van der Waals surface area contributed by atoms with Gasteiger partial charge in [0.15, 0.2) is 0 Å². The number of hydrogen-bond acceptors (Lipinski definition) is 5. The molecule has 1 aromatic rings. The summed E-state index contributed by atoms with van der Waals surface area (Å²) < 4.78 is 5.07. The number of rotatable bonds is 9. The molecule has 1 fully saturated rings. The number of amides is 2. The van der Waals surface area contributed by atoms with Gasteiger partial charge in [-0.1, -0.05) is 18.2 Å². The Kier molecular flexibility index (Phi) is 7.67. The molecule has 0 aromatic heterocycles. The van der Waals surface area contributed by atoms with Crippen molar-refractivity contribution in [1.29, 1.82) is 0 Å². The lowest BCUT2D eigenvalue weighted by molar-refractivity contribution is -0.151. The fourth-order valence-electron chi connectivity index (χ4n) is 3.24. The lowest BCUT2D eigenvalue weighted by atomic mass is 9.88. The predicted molar refractivity (Wildman–Crippen MR) is 104 cm³/mol. The number of thioether (sulfide) groups is 1. The minimum absolute atomic E-state index is 0.0535. The van der Waals surface area contributed by atoms with Crippen molar-refractivity contribution in [1.82, 2.24) is 10.2 Å². The number of ether oxygens (including phenoxy) is 1. The van der Waals surface area contributed by atoms with Crippen LogP contribution < -0.4 is 5.32 Å². The third-order valence-electron chi connectivity index (χ3n) is 4.79. The molecule has 1 heterocycles. The summed E-state index contributed by atoms with van der Waals surface area (Å²) in [4.78, 5) is 38.7. The van der Waals surface area contributed by atoms with Gasteiger partial charge in [0.05, 0.1) is 6.61 Å². The molecular formula is C19H26N2O5S. The van der Waals surface area contributed by atoms with Crippen molar-refractivity contribution in [2.24, 2.45) is 5.41 Å².